The molecule has 1 aromatic heterocycles. The van der Waals surface area contributed by atoms with Crippen molar-refractivity contribution in [3.05, 3.63) is 23.7 Å². The van der Waals surface area contributed by atoms with Crippen molar-refractivity contribution in [1.29, 1.82) is 0 Å². The Morgan fingerprint density at radius 3 is 2.27 bits per heavy atom. The van der Waals surface area contributed by atoms with Crippen molar-refractivity contribution in [1.82, 2.24) is 0 Å². The first-order valence-electron chi connectivity index (χ1n) is 7.80. The summed E-state index contributed by atoms with van der Waals surface area (Å²) in [5.74, 6) is -3.86. The van der Waals surface area contributed by atoms with Crippen LogP contribution in [0, 0.1) is 5.92 Å². The fraction of sp³-hybridized carbons (Fsp3) is 0.500. The van der Waals surface area contributed by atoms with Gasteiger partial charge in [-0.05, 0) is 20.3 Å². The van der Waals surface area contributed by atoms with Gasteiger partial charge >= 0.3 is 23.9 Å². The highest BCUT2D eigenvalue weighted by atomic mass is 16.6. The Labute approximate surface area is 148 Å². The third-order valence-electron chi connectivity index (χ3n) is 3.22. The van der Waals surface area contributed by atoms with Crippen molar-refractivity contribution >= 4 is 23.9 Å². The number of aromatic carboxylic acids is 1. The van der Waals surface area contributed by atoms with Gasteiger partial charge in [-0.1, -0.05) is 0 Å². The van der Waals surface area contributed by atoms with Gasteiger partial charge in [0.25, 0.3) is 0 Å². The van der Waals surface area contributed by atoms with E-state index in [1.807, 2.05) is 0 Å². The number of ether oxygens (including phenoxy) is 3. The third kappa shape index (κ3) is 6.20. The molecule has 1 aromatic rings. The number of carboxylic acid groups (broad SMARTS) is 2. The molecule has 0 aromatic carbocycles. The average molecular weight is 372 g/mol. The molecule has 1 saturated heterocycles. The van der Waals surface area contributed by atoms with E-state index in [1.165, 1.54) is 0 Å². The second-order valence-corrected chi connectivity index (χ2v) is 5.07. The fourth-order valence-corrected chi connectivity index (χ4v) is 1.96. The maximum absolute atomic E-state index is 11.1. The second-order valence-electron chi connectivity index (χ2n) is 5.07. The first kappa shape index (κ1) is 21.2. The molecule has 1 aliphatic heterocycles. The molecule has 1 aliphatic rings. The normalized spacial score (nSPS) is 18.4. The van der Waals surface area contributed by atoms with Crippen LogP contribution in [0.1, 0.15) is 41.2 Å². The summed E-state index contributed by atoms with van der Waals surface area (Å²) in [7, 11) is 0. The standard InChI is InChI=1S/C8H12O5.C8H8O5/c2*1-2-12-8(11)6-3-5(4-13-6)7(9)10/h5-6H,2-4H2,1H3,(H,9,10);3-4H,2H2,1H3,(H,9,10)/t5-,6-;/m1./s1. The zero-order valence-electron chi connectivity index (χ0n) is 14.3. The van der Waals surface area contributed by atoms with Crippen LogP contribution < -0.4 is 0 Å². The Bertz CT molecular complexity index is 647. The molecule has 2 heterocycles. The molecule has 26 heavy (non-hydrogen) atoms. The molecular formula is C16H20O10. The van der Waals surface area contributed by atoms with Crippen LogP contribution in [-0.4, -0.2) is 60.0 Å². The smallest absolute Gasteiger partial charge is 0.374 e. The van der Waals surface area contributed by atoms with Gasteiger partial charge in [-0.3, -0.25) is 4.79 Å². The first-order chi connectivity index (χ1) is 12.3. The molecule has 0 aliphatic carbocycles. The first-order valence-corrected chi connectivity index (χ1v) is 7.80. The second kappa shape index (κ2) is 10.2. The summed E-state index contributed by atoms with van der Waals surface area (Å²) in [5, 5.41) is 17.1. The minimum Gasteiger partial charge on any atom is -0.481 e. The van der Waals surface area contributed by atoms with Crippen LogP contribution >= 0.6 is 0 Å². The summed E-state index contributed by atoms with van der Waals surface area (Å²) in [4.78, 5) is 42.9. The van der Waals surface area contributed by atoms with Gasteiger partial charge in [-0.25, -0.2) is 14.4 Å². The maximum Gasteiger partial charge on any atom is 0.374 e. The molecule has 2 rings (SSSR count). The van der Waals surface area contributed by atoms with Crippen LogP contribution in [-0.2, 0) is 23.8 Å². The van der Waals surface area contributed by atoms with Crippen molar-refractivity contribution in [2.75, 3.05) is 19.8 Å². The molecule has 0 amide bonds. The van der Waals surface area contributed by atoms with E-state index in [0.717, 1.165) is 12.3 Å². The zero-order chi connectivity index (χ0) is 19.7. The summed E-state index contributed by atoms with van der Waals surface area (Å²) in [6.07, 6.45) is 0.518. The SMILES string of the molecule is CCOC(=O)[C@H]1C[C@@H](C(=O)O)CO1.CCOC(=O)c1cc(C(=O)O)co1. The lowest BCUT2D eigenvalue weighted by Crippen LogP contribution is -2.22. The predicted octanol–water partition coefficient (Wildman–Crippen LogP) is 1.19. The van der Waals surface area contributed by atoms with Gasteiger partial charge in [-0.2, -0.15) is 0 Å². The highest BCUT2D eigenvalue weighted by Crippen LogP contribution is 2.20. The van der Waals surface area contributed by atoms with Crippen LogP contribution in [0.2, 0.25) is 0 Å². The number of carbonyl (C=O) groups excluding carboxylic acids is 2. The van der Waals surface area contributed by atoms with Crippen molar-refractivity contribution in [2.45, 2.75) is 26.4 Å². The number of aliphatic carboxylic acids is 1. The van der Waals surface area contributed by atoms with Crippen LogP contribution in [0.25, 0.3) is 0 Å². The quantitative estimate of drug-likeness (QED) is 0.697. The van der Waals surface area contributed by atoms with Gasteiger partial charge in [-0.15, -0.1) is 0 Å². The van der Waals surface area contributed by atoms with E-state index >= 15 is 0 Å². The molecule has 10 heteroatoms. The molecule has 2 atom stereocenters. The van der Waals surface area contributed by atoms with Gasteiger partial charge in [0.05, 0.1) is 31.3 Å². The van der Waals surface area contributed by atoms with Crippen LogP contribution in [0.3, 0.4) is 0 Å². The number of carboxylic acids is 2. The van der Waals surface area contributed by atoms with Crippen molar-refractivity contribution in [3.8, 4) is 0 Å². The largest absolute Gasteiger partial charge is 0.481 e. The average Bonchev–Trinajstić information content (AvgIpc) is 3.26. The Hall–Kier alpha value is -2.88. The monoisotopic (exact) mass is 372 g/mol. The number of esters is 2. The molecule has 0 spiro atoms. The highest BCUT2D eigenvalue weighted by molar-refractivity contribution is 5.92. The summed E-state index contributed by atoms with van der Waals surface area (Å²) in [5.41, 5.74) is -0.0666. The van der Waals surface area contributed by atoms with E-state index in [2.05, 4.69) is 9.15 Å². The Morgan fingerprint density at radius 1 is 1.15 bits per heavy atom. The third-order valence-corrected chi connectivity index (χ3v) is 3.22. The lowest BCUT2D eigenvalue weighted by Gasteiger charge is -2.06. The topological polar surface area (TPSA) is 150 Å². The zero-order valence-corrected chi connectivity index (χ0v) is 14.3. The van der Waals surface area contributed by atoms with E-state index < -0.39 is 35.9 Å². The molecule has 0 unspecified atom stereocenters. The fourth-order valence-electron chi connectivity index (χ4n) is 1.96. The number of carbonyl (C=O) groups is 4. The number of rotatable bonds is 6. The molecule has 144 valence electrons. The van der Waals surface area contributed by atoms with Crippen molar-refractivity contribution < 1.29 is 48.0 Å². The molecule has 0 saturated carbocycles. The van der Waals surface area contributed by atoms with E-state index in [1.54, 1.807) is 13.8 Å². The minimum atomic E-state index is -1.14. The molecule has 0 bridgehead atoms. The summed E-state index contributed by atoms with van der Waals surface area (Å²) < 4.78 is 19.0. The van der Waals surface area contributed by atoms with Gasteiger partial charge in [0.15, 0.2) is 6.10 Å². The van der Waals surface area contributed by atoms with Crippen LogP contribution in [0.15, 0.2) is 16.7 Å². The van der Waals surface area contributed by atoms with Gasteiger partial charge in [0.1, 0.15) is 6.26 Å². The van der Waals surface area contributed by atoms with E-state index in [9.17, 15) is 19.2 Å². The van der Waals surface area contributed by atoms with E-state index in [0.29, 0.717) is 0 Å². The Morgan fingerprint density at radius 2 is 1.81 bits per heavy atom. The molecule has 2 N–H and O–H groups in total. The molecule has 0 radical (unpaired) electrons. The Kier molecular flexibility index (Phi) is 8.29. The lowest BCUT2D eigenvalue weighted by atomic mass is 10.1. The van der Waals surface area contributed by atoms with Crippen molar-refractivity contribution in [3.63, 3.8) is 0 Å². The summed E-state index contributed by atoms with van der Waals surface area (Å²) in [6, 6.07) is 1.13. The lowest BCUT2D eigenvalue weighted by molar-refractivity contribution is -0.153. The number of furan rings is 1. The van der Waals surface area contributed by atoms with Crippen LogP contribution in [0.5, 0.6) is 0 Å². The highest BCUT2D eigenvalue weighted by Gasteiger charge is 2.35. The van der Waals surface area contributed by atoms with E-state index in [-0.39, 0.29) is 37.6 Å². The minimum absolute atomic E-state index is 0.0666. The molecular weight excluding hydrogens is 352 g/mol. The van der Waals surface area contributed by atoms with E-state index in [4.69, 9.17) is 19.7 Å². The molecule has 1 fully saturated rings. The number of hydrogen-bond acceptors (Lipinski definition) is 8. The predicted molar refractivity (Wildman–Crippen MR) is 83.7 cm³/mol. The van der Waals surface area contributed by atoms with Gasteiger partial charge < -0.3 is 28.8 Å². The maximum atomic E-state index is 11.1. The van der Waals surface area contributed by atoms with Gasteiger partial charge in [0, 0.05) is 6.07 Å². The summed E-state index contributed by atoms with van der Waals surface area (Å²) in [6.45, 7) is 3.96. The van der Waals surface area contributed by atoms with Gasteiger partial charge in [0.2, 0.25) is 5.76 Å². The molecule has 10 nitrogen and oxygen atoms in total. The summed E-state index contributed by atoms with van der Waals surface area (Å²) >= 11 is 0. The van der Waals surface area contributed by atoms with Crippen molar-refractivity contribution in [2.24, 2.45) is 5.92 Å². The number of hydrogen-bond donors (Lipinski definition) is 2. The van der Waals surface area contributed by atoms with Crippen LogP contribution in [0.4, 0.5) is 0 Å². The Balaban J connectivity index is 0.000000260.